The minimum absolute atomic E-state index is 0.308. The summed E-state index contributed by atoms with van der Waals surface area (Å²) in [7, 11) is 0. The topological polar surface area (TPSA) is 100 Å². The standard InChI is InChI=1S/C30H23N3O5/c1-20-6-10-24(11-7-20)30(36)38-25-16-14-22(15-17-25)28(34)19-37-29(35)23-12-8-21(9-13-23)18-33-27-5-3-2-4-26(27)31-32-33/h2-17H,18-19H2,1H3. The average Bonchev–Trinajstić information content (AvgIpc) is 3.35. The molecule has 5 aromatic rings. The molecule has 8 heteroatoms. The zero-order valence-corrected chi connectivity index (χ0v) is 20.5. The van der Waals surface area contributed by atoms with Gasteiger partial charge in [0, 0.05) is 5.56 Å². The molecule has 0 saturated heterocycles. The number of ketones is 1. The number of hydrogen-bond acceptors (Lipinski definition) is 7. The van der Waals surface area contributed by atoms with Crippen molar-refractivity contribution >= 4 is 28.8 Å². The fraction of sp³-hybridized carbons (Fsp3) is 0.100. The summed E-state index contributed by atoms with van der Waals surface area (Å²) in [5, 5.41) is 8.32. The normalized spacial score (nSPS) is 10.8. The first-order valence-corrected chi connectivity index (χ1v) is 11.9. The number of rotatable bonds is 8. The monoisotopic (exact) mass is 505 g/mol. The number of nitrogens with zero attached hydrogens (tertiary/aromatic N) is 3. The van der Waals surface area contributed by atoms with Gasteiger partial charge in [-0.15, -0.1) is 5.10 Å². The van der Waals surface area contributed by atoms with Crippen LogP contribution in [0.15, 0.2) is 97.1 Å². The Morgan fingerprint density at radius 1 is 0.737 bits per heavy atom. The van der Waals surface area contributed by atoms with Crippen molar-refractivity contribution in [3.05, 3.63) is 125 Å². The molecule has 0 aliphatic heterocycles. The van der Waals surface area contributed by atoms with Crippen molar-refractivity contribution in [2.75, 3.05) is 6.61 Å². The minimum Gasteiger partial charge on any atom is -0.454 e. The van der Waals surface area contributed by atoms with Gasteiger partial charge in [-0.2, -0.15) is 0 Å². The van der Waals surface area contributed by atoms with Crippen molar-refractivity contribution in [2.24, 2.45) is 0 Å². The summed E-state index contributed by atoms with van der Waals surface area (Å²) in [6.45, 7) is 2.03. The molecule has 0 radical (unpaired) electrons. The lowest BCUT2D eigenvalue weighted by Gasteiger charge is -2.07. The second kappa shape index (κ2) is 10.9. The van der Waals surface area contributed by atoms with Gasteiger partial charge in [0.15, 0.2) is 12.4 Å². The van der Waals surface area contributed by atoms with Gasteiger partial charge in [-0.05, 0) is 73.2 Å². The lowest BCUT2D eigenvalue weighted by molar-refractivity contribution is 0.0474. The Labute approximate surface area is 218 Å². The number of carbonyl (C=O) groups excluding carboxylic acids is 3. The molecule has 1 aromatic heterocycles. The van der Waals surface area contributed by atoms with Gasteiger partial charge >= 0.3 is 11.9 Å². The van der Waals surface area contributed by atoms with E-state index in [2.05, 4.69) is 10.3 Å². The molecule has 4 aromatic carbocycles. The van der Waals surface area contributed by atoms with Crippen molar-refractivity contribution in [1.29, 1.82) is 0 Å². The van der Waals surface area contributed by atoms with E-state index in [4.69, 9.17) is 9.47 Å². The molecule has 0 atom stereocenters. The Morgan fingerprint density at radius 3 is 2.11 bits per heavy atom. The average molecular weight is 506 g/mol. The van der Waals surface area contributed by atoms with Crippen molar-refractivity contribution in [3.63, 3.8) is 0 Å². The molecule has 38 heavy (non-hydrogen) atoms. The molecule has 0 unspecified atom stereocenters. The van der Waals surface area contributed by atoms with Gasteiger partial charge in [0.25, 0.3) is 0 Å². The Kier molecular flexibility index (Phi) is 7.04. The maximum absolute atomic E-state index is 12.5. The number of ether oxygens (including phenoxy) is 2. The summed E-state index contributed by atoms with van der Waals surface area (Å²) < 4.78 is 12.3. The van der Waals surface area contributed by atoms with Crippen LogP contribution >= 0.6 is 0 Å². The lowest BCUT2D eigenvalue weighted by Crippen LogP contribution is -2.14. The molecular weight excluding hydrogens is 482 g/mol. The Balaban J connectivity index is 1.13. The number of benzene rings is 4. The summed E-state index contributed by atoms with van der Waals surface area (Å²) in [6.07, 6.45) is 0. The van der Waals surface area contributed by atoms with E-state index in [0.717, 1.165) is 22.2 Å². The number of aryl methyl sites for hydroxylation is 1. The molecular formula is C30H23N3O5. The van der Waals surface area contributed by atoms with E-state index < -0.39 is 18.5 Å². The second-order valence-electron chi connectivity index (χ2n) is 8.71. The zero-order chi connectivity index (χ0) is 26.5. The third-order valence-electron chi connectivity index (χ3n) is 5.95. The molecule has 0 N–H and O–H groups in total. The number of hydrogen-bond donors (Lipinski definition) is 0. The van der Waals surface area contributed by atoms with Crippen molar-refractivity contribution in [3.8, 4) is 5.75 Å². The Hall–Kier alpha value is -5.11. The molecule has 0 aliphatic rings. The quantitative estimate of drug-likeness (QED) is 0.165. The molecule has 8 nitrogen and oxygen atoms in total. The van der Waals surface area contributed by atoms with Crippen LogP contribution in [0.1, 0.15) is 42.2 Å². The van der Waals surface area contributed by atoms with E-state index in [9.17, 15) is 14.4 Å². The second-order valence-corrected chi connectivity index (χ2v) is 8.71. The predicted molar refractivity (Wildman–Crippen MR) is 140 cm³/mol. The molecule has 188 valence electrons. The largest absolute Gasteiger partial charge is 0.454 e. The van der Waals surface area contributed by atoms with Crippen LogP contribution < -0.4 is 4.74 Å². The number of aromatic nitrogens is 3. The predicted octanol–water partition coefficient (Wildman–Crippen LogP) is 5.05. The fourth-order valence-electron chi connectivity index (χ4n) is 3.82. The fourth-order valence-corrected chi connectivity index (χ4v) is 3.82. The zero-order valence-electron chi connectivity index (χ0n) is 20.5. The van der Waals surface area contributed by atoms with Gasteiger partial charge in [-0.3, -0.25) is 4.79 Å². The highest BCUT2D eigenvalue weighted by atomic mass is 16.5. The van der Waals surface area contributed by atoms with Gasteiger partial charge in [0.05, 0.1) is 23.2 Å². The van der Waals surface area contributed by atoms with Crippen LogP contribution in [-0.2, 0) is 11.3 Å². The van der Waals surface area contributed by atoms with Crippen LogP contribution in [0.2, 0.25) is 0 Å². The van der Waals surface area contributed by atoms with E-state index in [-0.39, 0.29) is 5.78 Å². The first kappa shape index (κ1) is 24.6. The lowest BCUT2D eigenvalue weighted by atomic mass is 10.1. The number of fused-ring (bicyclic) bond motifs is 1. The van der Waals surface area contributed by atoms with E-state index in [1.54, 1.807) is 28.9 Å². The van der Waals surface area contributed by atoms with Crippen LogP contribution in [0, 0.1) is 6.92 Å². The Bertz CT molecular complexity index is 1610. The molecule has 5 rings (SSSR count). The number of esters is 2. The van der Waals surface area contributed by atoms with Crippen LogP contribution in [0.3, 0.4) is 0 Å². The van der Waals surface area contributed by atoms with E-state index in [0.29, 0.717) is 29.0 Å². The van der Waals surface area contributed by atoms with Crippen molar-refractivity contribution in [1.82, 2.24) is 15.0 Å². The van der Waals surface area contributed by atoms with Crippen molar-refractivity contribution < 1.29 is 23.9 Å². The molecule has 0 aliphatic carbocycles. The maximum atomic E-state index is 12.5. The van der Waals surface area contributed by atoms with Crippen LogP contribution in [0.5, 0.6) is 5.75 Å². The summed E-state index contributed by atoms with van der Waals surface area (Å²) in [5.41, 5.74) is 4.83. The third-order valence-corrected chi connectivity index (χ3v) is 5.95. The van der Waals surface area contributed by atoms with E-state index in [1.807, 2.05) is 55.5 Å². The van der Waals surface area contributed by atoms with Gasteiger partial charge in [0.2, 0.25) is 0 Å². The van der Waals surface area contributed by atoms with Gasteiger partial charge < -0.3 is 9.47 Å². The number of carbonyl (C=O) groups is 3. The van der Waals surface area contributed by atoms with Crippen LogP contribution in [0.4, 0.5) is 0 Å². The molecule has 1 heterocycles. The highest BCUT2D eigenvalue weighted by molar-refractivity contribution is 5.99. The van der Waals surface area contributed by atoms with Crippen LogP contribution in [-0.4, -0.2) is 39.3 Å². The van der Waals surface area contributed by atoms with E-state index in [1.165, 1.54) is 24.3 Å². The molecule has 0 fully saturated rings. The molecule has 0 amide bonds. The van der Waals surface area contributed by atoms with Crippen LogP contribution in [0.25, 0.3) is 11.0 Å². The van der Waals surface area contributed by atoms with Gasteiger partial charge in [-0.25, -0.2) is 14.3 Å². The highest BCUT2D eigenvalue weighted by Crippen LogP contribution is 2.16. The molecule has 0 bridgehead atoms. The van der Waals surface area contributed by atoms with Gasteiger partial charge in [-0.1, -0.05) is 47.2 Å². The van der Waals surface area contributed by atoms with Crippen molar-refractivity contribution in [2.45, 2.75) is 13.5 Å². The molecule has 0 saturated carbocycles. The first-order valence-electron chi connectivity index (χ1n) is 11.9. The smallest absolute Gasteiger partial charge is 0.343 e. The maximum Gasteiger partial charge on any atom is 0.343 e. The number of Topliss-reactive ketones (excluding diaryl/α,β-unsaturated/α-hetero) is 1. The summed E-state index contributed by atoms with van der Waals surface area (Å²) in [6, 6.07) is 27.7. The summed E-state index contributed by atoms with van der Waals surface area (Å²) in [5.74, 6) is -1.15. The number of para-hydroxylation sites is 1. The SMILES string of the molecule is Cc1ccc(C(=O)Oc2ccc(C(=O)COC(=O)c3ccc(Cn4nnc5ccccc54)cc3)cc2)cc1. The Morgan fingerprint density at radius 2 is 1.37 bits per heavy atom. The molecule has 0 spiro atoms. The third kappa shape index (κ3) is 5.65. The summed E-state index contributed by atoms with van der Waals surface area (Å²) in [4.78, 5) is 37.2. The summed E-state index contributed by atoms with van der Waals surface area (Å²) >= 11 is 0. The highest BCUT2D eigenvalue weighted by Gasteiger charge is 2.14. The first-order chi connectivity index (χ1) is 18.5. The van der Waals surface area contributed by atoms with E-state index >= 15 is 0 Å². The van der Waals surface area contributed by atoms with Gasteiger partial charge in [0.1, 0.15) is 11.3 Å². The minimum atomic E-state index is -0.597.